The Morgan fingerprint density at radius 3 is 2.56 bits per heavy atom. The molecule has 144 valence electrons. The first-order valence-electron chi connectivity index (χ1n) is 9.20. The van der Waals surface area contributed by atoms with Crippen molar-refractivity contribution in [3.05, 3.63) is 59.9 Å². The van der Waals surface area contributed by atoms with Gasteiger partial charge in [0.15, 0.2) is 0 Å². The van der Waals surface area contributed by atoms with Crippen LogP contribution < -0.4 is 0 Å². The van der Waals surface area contributed by atoms with Crippen LogP contribution in [0, 0.1) is 6.92 Å². The van der Waals surface area contributed by atoms with E-state index in [1.165, 1.54) is 4.31 Å². The van der Waals surface area contributed by atoms with Gasteiger partial charge in [0, 0.05) is 45.0 Å². The summed E-state index contributed by atoms with van der Waals surface area (Å²) in [5, 5.41) is 0. The van der Waals surface area contributed by atoms with Crippen LogP contribution in [-0.2, 0) is 21.2 Å². The van der Waals surface area contributed by atoms with Crippen molar-refractivity contribution in [1.82, 2.24) is 14.2 Å². The normalized spacial score (nSPS) is 16.1. The van der Waals surface area contributed by atoms with E-state index >= 15 is 0 Å². The van der Waals surface area contributed by atoms with E-state index in [2.05, 4.69) is 4.98 Å². The second-order valence-electron chi connectivity index (χ2n) is 6.81. The summed E-state index contributed by atoms with van der Waals surface area (Å²) in [6.45, 7) is 3.71. The Morgan fingerprint density at radius 2 is 1.85 bits per heavy atom. The van der Waals surface area contributed by atoms with Gasteiger partial charge in [-0.3, -0.25) is 9.78 Å². The minimum atomic E-state index is -3.52. The van der Waals surface area contributed by atoms with Gasteiger partial charge in [0.05, 0.1) is 4.90 Å². The number of pyridine rings is 1. The maximum atomic E-state index is 12.9. The summed E-state index contributed by atoms with van der Waals surface area (Å²) in [6.07, 6.45) is 5.18. The van der Waals surface area contributed by atoms with Crippen molar-refractivity contribution < 1.29 is 13.2 Å². The summed E-state index contributed by atoms with van der Waals surface area (Å²) in [5.41, 5.74) is 2.06. The van der Waals surface area contributed by atoms with Crippen LogP contribution in [0.5, 0.6) is 0 Å². The molecule has 0 N–H and O–H groups in total. The van der Waals surface area contributed by atoms with E-state index in [-0.39, 0.29) is 5.91 Å². The molecular weight excluding hydrogens is 362 g/mol. The van der Waals surface area contributed by atoms with Crippen LogP contribution in [0.2, 0.25) is 0 Å². The molecule has 1 aromatic carbocycles. The molecule has 3 rings (SSSR count). The quantitative estimate of drug-likeness (QED) is 0.789. The topological polar surface area (TPSA) is 70.6 Å². The van der Waals surface area contributed by atoms with Crippen LogP contribution in [0.3, 0.4) is 0 Å². The SMILES string of the molecule is Cc1ccc(S(=O)(=O)N2CCCN(C(=O)CCc3cccnc3)CC2)cc1. The van der Waals surface area contributed by atoms with Crippen LogP contribution in [0.1, 0.15) is 24.0 Å². The fraction of sp³-hybridized carbons (Fsp3) is 0.400. The molecule has 0 saturated carbocycles. The molecule has 0 aliphatic carbocycles. The molecule has 0 unspecified atom stereocenters. The van der Waals surface area contributed by atoms with E-state index < -0.39 is 10.0 Å². The fourth-order valence-electron chi connectivity index (χ4n) is 3.20. The number of carbonyl (C=O) groups is 1. The molecule has 1 aliphatic rings. The number of sulfonamides is 1. The molecule has 1 aliphatic heterocycles. The van der Waals surface area contributed by atoms with Crippen molar-refractivity contribution in [2.24, 2.45) is 0 Å². The first kappa shape index (κ1) is 19.5. The zero-order valence-electron chi connectivity index (χ0n) is 15.5. The van der Waals surface area contributed by atoms with Crippen molar-refractivity contribution in [2.45, 2.75) is 31.1 Å². The maximum absolute atomic E-state index is 12.9. The summed E-state index contributed by atoms with van der Waals surface area (Å²) < 4.78 is 27.2. The van der Waals surface area contributed by atoms with Crippen LogP contribution in [0.15, 0.2) is 53.7 Å². The van der Waals surface area contributed by atoms with Crippen LogP contribution in [-0.4, -0.2) is 54.7 Å². The summed E-state index contributed by atoms with van der Waals surface area (Å²) in [6, 6.07) is 10.7. The average Bonchev–Trinajstić information content (AvgIpc) is 2.94. The molecule has 2 heterocycles. The molecule has 0 atom stereocenters. The van der Waals surface area contributed by atoms with E-state index in [0.29, 0.717) is 50.3 Å². The van der Waals surface area contributed by atoms with E-state index in [1.807, 2.05) is 19.1 Å². The number of hydrogen-bond donors (Lipinski definition) is 0. The summed E-state index contributed by atoms with van der Waals surface area (Å²) >= 11 is 0. The van der Waals surface area contributed by atoms with Crippen molar-refractivity contribution in [3.8, 4) is 0 Å². The molecule has 0 spiro atoms. The van der Waals surface area contributed by atoms with Gasteiger partial charge >= 0.3 is 0 Å². The van der Waals surface area contributed by atoms with Gasteiger partial charge in [-0.1, -0.05) is 23.8 Å². The van der Waals surface area contributed by atoms with Gasteiger partial charge in [-0.25, -0.2) is 8.42 Å². The number of amides is 1. The Kier molecular flexibility index (Phi) is 6.23. The Balaban J connectivity index is 1.59. The zero-order valence-corrected chi connectivity index (χ0v) is 16.4. The van der Waals surface area contributed by atoms with Crippen molar-refractivity contribution >= 4 is 15.9 Å². The summed E-state index contributed by atoms with van der Waals surface area (Å²) in [4.78, 5) is 18.7. The average molecular weight is 388 g/mol. The lowest BCUT2D eigenvalue weighted by atomic mass is 10.1. The van der Waals surface area contributed by atoms with Crippen LogP contribution in [0.25, 0.3) is 0 Å². The summed E-state index contributed by atoms with van der Waals surface area (Å²) in [7, 11) is -3.52. The van der Waals surface area contributed by atoms with Gasteiger partial charge in [0.1, 0.15) is 0 Å². The molecule has 1 amide bonds. The predicted molar refractivity (Wildman–Crippen MR) is 104 cm³/mol. The smallest absolute Gasteiger partial charge is 0.243 e. The first-order valence-corrected chi connectivity index (χ1v) is 10.6. The Hall–Kier alpha value is -2.25. The lowest BCUT2D eigenvalue weighted by Gasteiger charge is -2.22. The van der Waals surface area contributed by atoms with E-state index in [9.17, 15) is 13.2 Å². The molecule has 0 bridgehead atoms. The van der Waals surface area contributed by atoms with E-state index in [4.69, 9.17) is 0 Å². The highest BCUT2D eigenvalue weighted by atomic mass is 32.2. The lowest BCUT2D eigenvalue weighted by Crippen LogP contribution is -2.37. The lowest BCUT2D eigenvalue weighted by molar-refractivity contribution is -0.131. The van der Waals surface area contributed by atoms with Gasteiger partial charge in [-0.15, -0.1) is 0 Å². The van der Waals surface area contributed by atoms with Gasteiger partial charge in [-0.2, -0.15) is 4.31 Å². The molecule has 27 heavy (non-hydrogen) atoms. The van der Waals surface area contributed by atoms with Gasteiger partial charge in [-0.05, 0) is 43.5 Å². The number of rotatable bonds is 5. The maximum Gasteiger partial charge on any atom is 0.243 e. The second-order valence-corrected chi connectivity index (χ2v) is 8.75. The highest BCUT2D eigenvalue weighted by Crippen LogP contribution is 2.18. The summed E-state index contributed by atoms with van der Waals surface area (Å²) in [5.74, 6) is 0.0634. The van der Waals surface area contributed by atoms with Gasteiger partial charge < -0.3 is 4.90 Å². The van der Waals surface area contributed by atoms with Gasteiger partial charge in [0.25, 0.3) is 0 Å². The molecule has 1 saturated heterocycles. The fourth-order valence-corrected chi connectivity index (χ4v) is 4.67. The van der Waals surface area contributed by atoms with Gasteiger partial charge in [0.2, 0.25) is 15.9 Å². The predicted octanol–water partition coefficient (Wildman–Crippen LogP) is 2.25. The monoisotopic (exact) mass is 387 g/mol. The zero-order chi connectivity index (χ0) is 19.3. The third kappa shape index (κ3) is 4.93. The number of aryl methyl sites for hydroxylation is 2. The van der Waals surface area contributed by atoms with E-state index in [0.717, 1.165) is 11.1 Å². The Morgan fingerprint density at radius 1 is 1.07 bits per heavy atom. The number of aromatic nitrogens is 1. The number of hydrogen-bond acceptors (Lipinski definition) is 4. The first-order chi connectivity index (χ1) is 13.0. The molecule has 1 fully saturated rings. The third-order valence-corrected chi connectivity index (χ3v) is 6.73. The Labute approximate surface area is 160 Å². The van der Waals surface area contributed by atoms with Crippen LogP contribution in [0.4, 0.5) is 0 Å². The van der Waals surface area contributed by atoms with Crippen LogP contribution >= 0.6 is 0 Å². The van der Waals surface area contributed by atoms with Crippen molar-refractivity contribution in [2.75, 3.05) is 26.2 Å². The number of carbonyl (C=O) groups excluding carboxylic acids is 1. The minimum absolute atomic E-state index is 0.0634. The minimum Gasteiger partial charge on any atom is -0.341 e. The standard InChI is InChI=1S/C20H25N3O3S/c1-17-5-8-19(9-6-17)27(25,26)23-13-3-12-22(14-15-23)20(24)10-7-18-4-2-11-21-16-18/h2,4-6,8-9,11,16H,3,7,10,12-15H2,1H3. The molecule has 2 aromatic rings. The molecular formula is C20H25N3O3S. The molecule has 7 heteroatoms. The van der Waals surface area contributed by atoms with Crippen molar-refractivity contribution in [3.63, 3.8) is 0 Å². The highest BCUT2D eigenvalue weighted by molar-refractivity contribution is 7.89. The highest BCUT2D eigenvalue weighted by Gasteiger charge is 2.28. The van der Waals surface area contributed by atoms with Crippen molar-refractivity contribution in [1.29, 1.82) is 0 Å². The number of benzene rings is 1. The van der Waals surface area contributed by atoms with E-state index in [1.54, 1.807) is 41.6 Å². The molecule has 1 aromatic heterocycles. The largest absolute Gasteiger partial charge is 0.341 e. The Bertz CT molecular complexity index is 867. The third-order valence-electron chi connectivity index (χ3n) is 4.82. The number of nitrogens with zero attached hydrogens (tertiary/aromatic N) is 3. The molecule has 6 nitrogen and oxygen atoms in total. The molecule has 0 radical (unpaired) electrons. The second kappa shape index (κ2) is 8.63.